The Balaban J connectivity index is 2.06. The van der Waals surface area contributed by atoms with Gasteiger partial charge in [-0.1, -0.05) is 29.3 Å². The third-order valence-electron chi connectivity index (χ3n) is 3.40. The molecule has 1 aliphatic heterocycles. The lowest BCUT2D eigenvalue weighted by Gasteiger charge is -2.26. The van der Waals surface area contributed by atoms with Crippen LogP contribution >= 0.6 is 23.2 Å². The number of halogens is 2. The van der Waals surface area contributed by atoms with Crippen LogP contribution in [0.3, 0.4) is 0 Å². The molecule has 1 aliphatic rings. The van der Waals surface area contributed by atoms with Crippen molar-refractivity contribution in [3.63, 3.8) is 0 Å². The van der Waals surface area contributed by atoms with Crippen LogP contribution in [0.15, 0.2) is 18.2 Å². The lowest BCUT2D eigenvalue weighted by atomic mass is 9.96. The second kappa shape index (κ2) is 5.67. The molecule has 6 heteroatoms. The second-order valence-corrected chi connectivity index (χ2v) is 5.46. The number of ether oxygens (including phenoxy) is 1. The summed E-state index contributed by atoms with van der Waals surface area (Å²) in [6.45, 7) is 2.37. The second-order valence-electron chi connectivity index (χ2n) is 4.65. The van der Waals surface area contributed by atoms with Crippen molar-refractivity contribution in [2.24, 2.45) is 0 Å². The van der Waals surface area contributed by atoms with Crippen molar-refractivity contribution >= 4 is 29.1 Å². The molecule has 2 rings (SSSR count). The normalized spacial score (nSPS) is 26.4. The number of benzene rings is 1. The van der Waals surface area contributed by atoms with E-state index in [9.17, 15) is 9.90 Å². The minimum absolute atomic E-state index is 0.106. The average Bonchev–Trinajstić information content (AvgIpc) is 2.67. The lowest BCUT2D eigenvalue weighted by Crippen LogP contribution is -2.47. The van der Waals surface area contributed by atoms with Gasteiger partial charge in [-0.3, -0.25) is 4.79 Å². The van der Waals surface area contributed by atoms with E-state index >= 15 is 0 Å². The summed E-state index contributed by atoms with van der Waals surface area (Å²) in [6.07, 6.45) is 0.180. The largest absolute Gasteiger partial charge is 0.385 e. The van der Waals surface area contributed by atoms with Gasteiger partial charge in [0.05, 0.1) is 21.7 Å². The summed E-state index contributed by atoms with van der Waals surface area (Å²) in [5.41, 5.74) is -0.815. The molecule has 0 aliphatic carbocycles. The molecule has 2 atom stereocenters. The molecule has 1 heterocycles. The van der Waals surface area contributed by atoms with Crippen molar-refractivity contribution in [3.05, 3.63) is 33.8 Å². The topological polar surface area (TPSA) is 58.6 Å². The van der Waals surface area contributed by atoms with Crippen LogP contribution in [0.2, 0.25) is 10.0 Å². The van der Waals surface area contributed by atoms with E-state index in [1.54, 1.807) is 25.1 Å². The Labute approximate surface area is 121 Å². The van der Waals surface area contributed by atoms with Crippen LogP contribution < -0.4 is 5.32 Å². The van der Waals surface area contributed by atoms with Gasteiger partial charge in [-0.05, 0) is 19.1 Å². The fourth-order valence-electron chi connectivity index (χ4n) is 2.04. The molecule has 2 N–H and O–H groups in total. The Hall–Kier alpha value is -0.810. The van der Waals surface area contributed by atoms with Crippen LogP contribution in [0.25, 0.3) is 0 Å². The van der Waals surface area contributed by atoms with Crippen LogP contribution in [-0.4, -0.2) is 35.9 Å². The van der Waals surface area contributed by atoms with Gasteiger partial charge in [0.1, 0.15) is 5.60 Å². The molecule has 1 aromatic carbocycles. The lowest BCUT2D eigenvalue weighted by molar-refractivity contribution is -0.0251. The SMILES string of the molecule is CC1OCCC1(O)CNC(=O)c1c(Cl)cccc1Cl. The molecule has 19 heavy (non-hydrogen) atoms. The Kier molecular flexibility index (Phi) is 4.36. The molecule has 0 spiro atoms. The van der Waals surface area contributed by atoms with Crippen LogP contribution in [0.4, 0.5) is 0 Å². The molecule has 1 amide bonds. The first-order chi connectivity index (χ1) is 8.94. The first-order valence-electron chi connectivity index (χ1n) is 6.00. The first kappa shape index (κ1) is 14.6. The van der Waals surface area contributed by atoms with E-state index in [1.165, 1.54) is 0 Å². The maximum absolute atomic E-state index is 12.1. The van der Waals surface area contributed by atoms with E-state index in [4.69, 9.17) is 27.9 Å². The summed E-state index contributed by atoms with van der Waals surface area (Å²) in [4.78, 5) is 12.1. The Morgan fingerprint density at radius 1 is 1.53 bits per heavy atom. The van der Waals surface area contributed by atoms with Crippen molar-refractivity contribution < 1.29 is 14.6 Å². The molecule has 1 saturated heterocycles. The van der Waals surface area contributed by atoms with Crippen molar-refractivity contribution in [2.45, 2.75) is 25.0 Å². The van der Waals surface area contributed by atoms with E-state index in [1.807, 2.05) is 0 Å². The third kappa shape index (κ3) is 3.03. The van der Waals surface area contributed by atoms with Crippen molar-refractivity contribution in [2.75, 3.05) is 13.2 Å². The molecule has 0 aromatic heterocycles. The number of amides is 1. The fraction of sp³-hybridized carbons (Fsp3) is 0.462. The van der Waals surface area contributed by atoms with Crippen molar-refractivity contribution in [1.82, 2.24) is 5.32 Å². The van der Waals surface area contributed by atoms with Crippen LogP contribution in [0, 0.1) is 0 Å². The Morgan fingerprint density at radius 3 is 2.68 bits per heavy atom. The van der Waals surface area contributed by atoms with Gasteiger partial charge in [-0.15, -0.1) is 0 Å². The van der Waals surface area contributed by atoms with Crippen molar-refractivity contribution in [3.8, 4) is 0 Å². The van der Waals surface area contributed by atoms with E-state index < -0.39 is 11.5 Å². The summed E-state index contributed by atoms with van der Waals surface area (Å²) >= 11 is 11.9. The minimum Gasteiger partial charge on any atom is -0.385 e. The van der Waals surface area contributed by atoms with E-state index in [-0.39, 0.29) is 28.3 Å². The number of carbonyl (C=O) groups excluding carboxylic acids is 1. The molecule has 0 bridgehead atoms. The average molecular weight is 304 g/mol. The van der Waals surface area contributed by atoms with Gasteiger partial charge in [-0.2, -0.15) is 0 Å². The molecule has 1 aromatic rings. The van der Waals surface area contributed by atoms with Gasteiger partial charge in [0, 0.05) is 19.6 Å². The number of hydrogen-bond acceptors (Lipinski definition) is 3. The highest BCUT2D eigenvalue weighted by atomic mass is 35.5. The van der Waals surface area contributed by atoms with E-state index in [2.05, 4.69) is 5.32 Å². The van der Waals surface area contributed by atoms with Gasteiger partial charge in [-0.25, -0.2) is 0 Å². The smallest absolute Gasteiger partial charge is 0.254 e. The molecular formula is C13H15Cl2NO3. The number of aliphatic hydroxyl groups is 1. The van der Waals surface area contributed by atoms with E-state index in [0.717, 1.165) is 0 Å². The molecule has 2 unspecified atom stereocenters. The number of hydrogen-bond donors (Lipinski definition) is 2. The monoisotopic (exact) mass is 303 g/mol. The Morgan fingerprint density at radius 2 is 2.16 bits per heavy atom. The van der Waals surface area contributed by atoms with Crippen LogP contribution in [-0.2, 0) is 4.74 Å². The molecule has 1 fully saturated rings. The third-order valence-corrected chi connectivity index (χ3v) is 4.03. The maximum atomic E-state index is 12.1. The zero-order chi connectivity index (χ0) is 14.0. The summed E-state index contributed by atoms with van der Waals surface area (Å²) in [7, 11) is 0. The molecule has 4 nitrogen and oxygen atoms in total. The predicted octanol–water partition coefficient (Wildman–Crippen LogP) is 2.26. The summed E-state index contributed by atoms with van der Waals surface area (Å²) in [5.74, 6) is -0.400. The summed E-state index contributed by atoms with van der Waals surface area (Å²) < 4.78 is 5.30. The van der Waals surface area contributed by atoms with Crippen LogP contribution in [0.1, 0.15) is 23.7 Å². The van der Waals surface area contributed by atoms with Gasteiger partial charge < -0.3 is 15.2 Å². The highest BCUT2D eigenvalue weighted by Crippen LogP contribution is 2.26. The maximum Gasteiger partial charge on any atom is 0.254 e. The zero-order valence-electron chi connectivity index (χ0n) is 10.5. The van der Waals surface area contributed by atoms with Crippen LogP contribution in [0.5, 0.6) is 0 Å². The minimum atomic E-state index is -1.04. The molecule has 0 saturated carbocycles. The Bertz CT molecular complexity index is 475. The molecule has 0 radical (unpaired) electrons. The highest BCUT2D eigenvalue weighted by molar-refractivity contribution is 6.39. The number of carbonyl (C=O) groups is 1. The summed E-state index contributed by atoms with van der Waals surface area (Å²) in [6, 6.07) is 4.86. The number of rotatable bonds is 3. The zero-order valence-corrected chi connectivity index (χ0v) is 12.0. The fourth-order valence-corrected chi connectivity index (χ4v) is 2.61. The molecule has 104 valence electrons. The van der Waals surface area contributed by atoms with Crippen molar-refractivity contribution in [1.29, 1.82) is 0 Å². The standard InChI is InChI=1S/C13H15Cl2NO3/c1-8-13(18,5-6-19-8)7-16-12(17)11-9(14)3-2-4-10(11)15/h2-4,8,18H,5-7H2,1H3,(H,16,17). The number of nitrogens with one attached hydrogen (secondary N) is 1. The van der Waals surface area contributed by atoms with E-state index in [0.29, 0.717) is 13.0 Å². The predicted molar refractivity (Wildman–Crippen MR) is 73.8 cm³/mol. The van der Waals surface area contributed by atoms with Gasteiger partial charge >= 0.3 is 0 Å². The quantitative estimate of drug-likeness (QED) is 0.900. The van der Waals surface area contributed by atoms with Gasteiger partial charge in [0.25, 0.3) is 5.91 Å². The first-order valence-corrected chi connectivity index (χ1v) is 6.76. The molecular weight excluding hydrogens is 289 g/mol. The van der Waals surface area contributed by atoms with Gasteiger partial charge in [0.15, 0.2) is 0 Å². The summed E-state index contributed by atoms with van der Waals surface area (Å²) in [5, 5.41) is 13.5. The highest BCUT2D eigenvalue weighted by Gasteiger charge is 2.39. The van der Waals surface area contributed by atoms with Gasteiger partial charge in [0.2, 0.25) is 0 Å².